The average molecular weight is 664 g/mol. The van der Waals surface area contributed by atoms with Gasteiger partial charge in [-0.2, -0.15) is 0 Å². The summed E-state index contributed by atoms with van der Waals surface area (Å²) in [7, 11) is 9.67. The van der Waals surface area contributed by atoms with Gasteiger partial charge in [-0.25, -0.2) is 0 Å². The summed E-state index contributed by atoms with van der Waals surface area (Å²) in [4.78, 5) is 0. The lowest BCUT2D eigenvalue weighted by Crippen LogP contribution is -3.00. The van der Waals surface area contributed by atoms with Crippen LogP contribution in [0.1, 0.15) is 194 Å². The standard InChI is InChI=1S/C40H84N2.2ClH/c1-7-9-11-13-15-17-19-21-23-25-27-29-31-33-37-41(3,4)39-35-36-40-42(5,6)38-34-32-30-28-26-24-22-20-18-16-14-12-10-8-2;;/h35-36H,7-34,37-40H2,1-6H3;2*1H/q+2;;/p-2/b36-35+;;. The van der Waals surface area contributed by atoms with E-state index in [0.29, 0.717) is 0 Å². The molecule has 4 heteroatoms. The van der Waals surface area contributed by atoms with Crippen LogP contribution in [0.25, 0.3) is 0 Å². The first-order chi connectivity index (χ1) is 20.3. The van der Waals surface area contributed by atoms with E-state index in [1.54, 1.807) is 0 Å². The van der Waals surface area contributed by atoms with Crippen molar-refractivity contribution in [3.63, 3.8) is 0 Å². The smallest absolute Gasteiger partial charge is 0.0971 e. The molecule has 0 aliphatic rings. The van der Waals surface area contributed by atoms with Gasteiger partial charge >= 0.3 is 0 Å². The quantitative estimate of drug-likeness (QED) is 0.0410. The molecule has 0 N–H and O–H groups in total. The molecule has 0 bridgehead atoms. The summed E-state index contributed by atoms with van der Waals surface area (Å²) in [6.07, 6.45) is 45.4. The molecule has 268 valence electrons. The van der Waals surface area contributed by atoms with Gasteiger partial charge in [0.05, 0.1) is 54.4 Å². The number of nitrogens with zero attached hydrogens (tertiary/aromatic N) is 2. The third-order valence-electron chi connectivity index (χ3n) is 9.60. The second kappa shape index (κ2) is 36.1. The molecule has 0 fully saturated rings. The summed E-state index contributed by atoms with van der Waals surface area (Å²) < 4.78 is 2.28. The van der Waals surface area contributed by atoms with Crippen molar-refractivity contribution in [3.8, 4) is 0 Å². The Morgan fingerprint density at radius 3 is 0.682 bits per heavy atom. The highest BCUT2D eigenvalue weighted by Gasteiger charge is 2.14. The fourth-order valence-corrected chi connectivity index (χ4v) is 6.37. The van der Waals surface area contributed by atoms with Crippen LogP contribution in [0.5, 0.6) is 0 Å². The number of halogens is 2. The number of hydrogen-bond acceptors (Lipinski definition) is 0. The van der Waals surface area contributed by atoms with Crippen molar-refractivity contribution in [1.82, 2.24) is 0 Å². The lowest BCUT2D eigenvalue weighted by molar-refractivity contribution is -0.887. The van der Waals surface area contributed by atoms with Crippen LogP contribution in [0.2, 0.25) is 0 Å². The number of rotatable bonds is 34. The monoisotopic (exact) mass is 663 g/mol. The van der Waals surface area contributed by atoms with Gasteiger partial charge in [-0.05, 0) is 37.8 Å². The molecule has 0 spiro atoms. The molecule has 0 saturated heterocycles. The molecule has 0 unspecified atom stereocenters. The van der Waals surface area contributed by atoms with Crippen molar-refractivity contribution in [2.75, 3.05) is 54.4 Å². The number of unbranched alkanes of at least 4 members (excludes halogenated alkanes) is 26. The van der Waals surface area contributed by atoms with E-state index in [0.717, 1.165) is 8.97 Å². The number of quaternary nitrogens is 2. The van der Waals surface area contributed by atoms with Crippen LogP contribution in [0.4, 0.5) is 0 Å². The summed E-state index contributed by atoms with van der Waals surface area (Å²) in [5, 5.41) is 0. The van der Waals surface area contributed by atoms with E-state index < -0.39 is 0 Å². The molecule has 0 aliphatic carbocycles. The van der Waals surface area contributed by atoms with Crippen LogP contribution in [0, 0.1) is 0 Å². The predicted octanol–water partition coefficient (Wildman–Crippen LogP) is 6.67. The summed E-state index contributed by atoms with van der Waals surface area (Å²) >= 11 is 0. The van der Waals surface area contributed by atoms with Gasteiger partial charge in [0.25, 0.3) is 0 Å². The zero-order valence-corrected chi connectivity index (χ0v) is 32.9. The van der Waals surface area contributed by atoms with Crippen molar-refractivity contribution < 1.29 is 33.8 Å². The molecule has 0 radical (unpaired) electrons. The lowest BCUT2D eigenvalue weighted by atomic mass is 10.0. The number of hydrogen-bond donors (Lipinski definition) is 0. The molecule has 0 heterocycles. The Labute approximate surface area is 293 Å². The van der Waals surface area contributed by atoms with Crippen LogP contribution < -0.4 is 24.8 Å². The molecule has 0 aromatic carbocycles. The van der Waals surface area contributed by atoms with Gasteiger partial charge in [-0.15, -0.1) is 0 Å². The molecule has 0 atom stereocenters. The highest BCUT2D eigenvalue weighted by molar-refractivity contribution is 4.81. The second-order valence-corrected chi connectivity index (χ2v) is 15.3. The van der Waals surface area contributed by atoms with Crippen molar-refractivity contribution in [3.05, 3.63) is 12.2 Å². The van der Waals surface area contributed by atoms with Crippen molar-refractivity contribution >= 4 is 0 Å². The third kappa shape index (κ3) is 38.4. The number of likely N-dealkylation sites (N-methyl/N-ethyl adjacent to an activating group) is 2. The Bertz CT molecular complexity index is 514. The fraction of sp³-hybridized carbons (Fsp3) is 0.950. The molecule has 0 rings (SSSR count). The van der Waals surface area contributed by atoms with Crippen LogP contribution in [0.3, 0.4) is 0 Å². The fourth-order valence-electron chi connectivity index (χ4n) is 6.37. The molecule has 0 saturated carbocycles. The van der Waals surface area contributed by atoms with Crippen LogP contribution in [0.15, 0.2) is 12.2 Å². The lowest BCUT2D eigenvalue weighted by Gasteiger charge is -2.30. The second-order valence-electron chi connectivity index (χ2n) is 15.3. The van der Waals surface area contributed by atoms with Crippen molar-refractivity contribution in [2.45, 2.75) is 194 Å². The molecule has 0 aromatic heterocycles. The Balaban J connectivity index is -0.00000840. The van der Waals surface area contributed by atoms with Gasteiger partial charge in [-0.1, -0.05) is 168 Å². The van der Waals surface area contributed by atoms with E-state index in [9.17, 15) is 0 Å². The maximum Gasteiger partial charge on any atom is 0.0971 e. The van der Waals surface area contributed by atoms with E-state index >= 15 is 0 Å². The third-order valence-corrected chi connectivity index (χ3v) is 9.60. The summed E-state index contributed by atoms with van der Waals surface area (Å²) in [6.45, 7) is 9.61. The largest absolute Gasteiger partial charge is 1.00 e. The summed E-state index contributed by atoms with van der Waals surface area (Å²) in [5.41, 5.74) is 0. The van der Waals surface area contributed by atoms with E-state index in [2.05, 4.69) is 54.2 Å². The normalized spacial score (nSPS) is 12.0. The minimum absolute atomic E-state index is 0. The minimum atomic E-state index is 0. The van der Waals surface area contributed by atoms with Crippen molar-refractivity contribution in [1.29, 1.82) is 0 Å². The molecule has 0 aromatic rings. The maximum absolute atomic E-state index is 2.47. The highest BCUT2D eigenvalue weighted by atomic mass is 35.5. The first kappa shape index (κ1) is 48.6. The Hall–Kier alpha value is 0.240. The average Bonchev–Trinajstić information content (AvgIpc) is 2.95. The first-order valence-corrected chi connectivity index (χ1v) is 19.6. The Morgan fingerprint density at radius 2 is 0.477 bits per heavy atom. The molecule has 0 amide bonds. The van der Waals surface area contributed by atoms with Crippen LogP contribution in [-0.2, 0) is 0 Å². The van der Waals surface area contributed by atoms with Gasteiger partial charge in [0.1, 0.15) is 0 Å². The minimum Gasteiger partial charge on any atom is -1.00 e. The Kier molecular flexibility index (Phi) is 39.9. The van der Waals surface area contributed by atoms with E-state index in [-0.39, 0.29) is 24.8 Å². The topological polar surface area (TPSA) is 0 Å². The van der Waals surface area contributed by atoms with E-state index in [1.165, 1.54) is 206 Å². The molecule has 0 aliphatic heterocycles. The van der Waals surface area contributed by atoms with Gasteiger partial charge < -0.3 is 33.8 Å². The van der Waals surface area contributed by atoms with Gasteiger partial charge in [0.2, 0.25) is 0 Å². The maximum atomic E-state index is 2.47. The van der Waals surface area contributed by atoms with E-state index in [1.807, 2.05) is 0 Å². The predicted molar refractivity (Wildman–Crippen MR) is 193 cm³/mol. The van der Waals surface area contributed by atoms with Gasteiger partial charge in [0, 0.05) is 0 Å². The van der Waals surface area contributed by atoms with Crippen molar-refractivity contribution in [2.24, 2.45) is 0 Å². The van der Waals surface area contributed by atoms with Crippen LogP contribution >= 0.6 is 0 Å². The highest BCUT2D eigenvalue weighted by Crippen LogP contribution is 2.15. The molecule has 44 heavy (non-hydrogen) atoms. The molecular formula is C40H84Cl2N2. The van der Waals surface area contributed by atoms with Gasteiger partial charge in [-0.3, -0.25) is 0 Å². The van der Waals surface area contributed by atoms with Gasteiger partial charge in [0.15, 0.2) is 0 Å². The van der Waals surface area contributed by atoms with E-state index in [4.69, 9.17) is 0 Å². The Morgan fingerprint density at radius 1 is 0.295 bits per heavy atom. The summed E-state index contributed by atoms with van der Waals surface area (Å²) in [6, 6.07) is 0. The SMILES string of the molecule is CCCCCCCCCCCCCCCC[N+](C)(C)C/C=C/C[N+](C)(C)CCCCCCCCCCCCCCCC.[Cl-].[Cl-]. The molecular weight excluding hydrogens is 579 g/mol. The van der Waals surface area contributed by atoms with Crippen LogP contribution in [-0.4, -0.2) is 63.3 Å². The molecule has 2 nitrogen and oxygen atoms in total. The first-order valence-electron chi connectivity index (χ1n) is 19.6. The zero-order valence-electron chi connectivity index (χ0n) is 31.4. The summed E-state index contributed by atoms with van der Waals surface area (Å²) in [5.74, 6) is 0. The zero-order chi connectivity index (χ0) is 31.0.